The van der Waals surface area contributed by atoms with E-state index in [0.29, 0.717) is 28.0 Å². The van der Waals surface area contributed by atoms with Crippen LogP contribution < -0.4 is 24.3 Å². The second kappa shape index (κ2) is 12.8. The summed E-state index contributed by atoms with van der Waals surface area (Å²) in [5.74, 6) is 1.56. The third-order valence-electron chi connectivity index (χ3n) is 5.28. The Kier molecular flexibility index (Phi) is 9.85. The van der Waals surface area contributed by atoms with E-state index in [1.54, 1.807) is 37.3 Å². The molecule has 0 radical (unpaired) electrons. The molecule has 0 bridgehead atoms. The number of halogens is 1. The largest absolute Gasteiger partial charge is 0.491 e. The molecule has 9 nitrogen and oxygen atoms in total. The van der Waals surface area contributed by atoms with E-state index in [2.05, 4.69) is 5.32 Å². The SMILES string of the molecule is CCOC(=O)[C@@]1(C[C@@H](C)NC[C@H](O)COc2ccc(OCOC)c(Cl)c2)COc2ccccc2O1. The summed E-state index contributed by atoms with van der Waals surface area (Å²) in [7, 11) is 1.52. The molecule has 35 heavy (non-hydrogen) atoms. The molecule has 3 atom stereocenters. The number of hydrogen-bond acceptors (Lipinski definition) is 9. The lowest BCUT2D eigenvalue weighted by Gasteiger charge is -2.37. The lowest BCUT2D eigenvalue weighted by molar-refractivity contribution is -0.168. The summed E-state index contributed by atoms with van der Waals surface area (Å²) in [6.45, 7) is 4.28. The molecule has 1 aliphatic heterocycles. The fourth-order valence-electron chi connectivity index (χ4n) is 3.60. The van der Waals surface area contributed by atoms with E-state index in [-0.39, 0.29) is 45.6 Å². The minimum atomic E-state index is -1.29. The highest BCUT2D eigenvalue weighted by Gasteiger charge is 2.47. The fraction of sp³-hybridized carbons (Fsp3) is 0.480. The van der Waals surface area contributed by atoms with E-state index < -0.39 is 17.7 Å². The minimum Gasteiger partial charge on any atom is -0.491 e. The molecular formula is C25H32ClNO8. The van der Waals surface area contributed by atoms with E-state index in [1.807, 2.05) is 19.1 Å². The molecule has 3 rings (SSSR count). The number of rotatable bonds is 13. The highest BCUT2D eigenvalue weighted by molar-refractivity contribution is 6.32. The number of carbonyl (C=O) groups excluding carboxylic acids is 1. The van der Waals surface area contributed by atoms with E-state index in [9.17, 15) is 9.90 Å². The molecule has 1 heterocycles. The number of nitrogens with one attached hydrogen (secondary N) is 1. The van der Waals surface area contributed by atoms with Crippen molar-refractivity contribution in [2.24, 2.45) is 0 Å². The maximum absolute atomic E-state index is 12.8. The van der Waals surface area contributed by atoms with Crippen molar-refractivity contribution in [2.75, 3.05) is 40.3 Å². The molecule has 0 saturated carbocycles. The quantitative estimate of drug-likeness (QED) is 0.311. The predicted molar refractivity (Wildman–Crippen MR) is 129 cm³/mol. The van der Waals surface area contributed by atoms with Crippen LogP contribution in [0.5, 0.6) is 23.0 Å². The first-order valence-corrected chi connectivity index (χ1v) is 11.8. The molecule has 0 unspecified atom stereocenters. The number of methoxy groups -OCH3 is 1. The standard InChI is InChI=1S/C25H32ClNO8/c1-4-31-24(29)25(15-33-22-7-5-6-8-23(22)35-25)12-17(2)27-13-18(28)14-32-19-9-10-21(20(26)11-19)34-16-30-3/h5-11,17-18,27-28H,4,12-16H2,1-3H3/t17-,18+,25-/m1/s1. The molecule has 0 aromatic heterocycles. The topological polar surface area (TPSA) is 105 Å². The summed E-state index contributed by atoms with van der Waals surface area (Å²) in [5, 5.41) is 14.0. The smallest absolute Gasteiger partial charge is 0.354 e. The minimum absolute atomic E-state index is 0.0331. The maximum atomic E-state index is 12.8. The first-order valence-electron chi connectivity index (χ1n) is 11.4. The zero-order valence-electron chi connectivity index (χ0n) is 20.1. The van der Waals surface area contributed by atoms with Crippen LogP contribution in [0.25, 0.3) is 0 Å². The van der Waals surface area contributed by atoms with Crippen molar-refractivity contribution >= 4 is 17.6 Å². The maximum Gasteiger partial charge on any atom is 0.354 e. The number of para-hydroxylation sites is 2. The Hall–Kier alpha value is -2.72. The Bertz CT molecular complexity index is 974. The van der Waals surface area contributed by atoms with Crippen LogP contribution in [-0.2, 0) is 14.3 Å². The van der Waals surface area contributed by atoms with Gasteiger partial charge in [-0.1, -0.05) is 23.7 Å². The van der Waals surface area contributed by atoms with Gasteiger partial charge in [0, 0.05) is 32.2 Å². The number of aliphatic hydroxyl groups excluding tert-OH is 1. The van der Waals surface area contributed by atoms with Crippen LogP contribution in [0.1, 0.15) is 20.3 Å². The van der Waals surface area contributed by atoms with E-state index in [1.165, 1.54) is 7.11 Å². The summed E-state index contributed by atoms with van der Waals surface area (Å²) in [5.41, 5.74) is -1.29. The Balaban J connectivity index is 1.51. The summed E-state index contributed by atoms with van der Waals surface area (Å²) in [6.07, 6.45) is -0.518. The van der Waals surface area contributed by atoms with Crippen molar-refractivity contribution in [1.29, 1.82) is 0 Å². The first kappa shape index (κ1) is 26.9. The second-order valence-corrected chi connectivity index (χ2v) is 8.58. The van der Waals surface area contributed by atoms with Gasteiger partial charge in [0.25, 0.3) is 0 Å². The van der Waals surface area contributed by atoms with Gasteiger partial charge < -0.3 is 38.8 Å². The lowest BCUT2D eigenvalue weighted by atomic mass is 9.94. The number of benzene rings is 2. The average molecular weight is 510 g/mol. The van der Waals surface area contributed by atoms with Gasteiger partial charge in [0.15, 0.2) is 18.3 Å². The van der Waals surface area contributed by atoms with Crippen LogP contribution in [0.2, 0.25) is 5.02 Å². The zero-order chi connectivity index (χ0) is 25.3. The fourth-order valence-corrected chi connectivity index (χ4v) is 3.83. The molecule has 10 heteroatoms. The molecule has 0 amide bonds. The van der Waals surface area contributed by atoms with E-state index in [0.717, 1.165) is 0 Å². The van der Waals surface area contributed by atoms with Crippen LogP contribution in [0.4, 0.5) is 0 Å². The summed E-state index contributed by atoms with van der Waals surface area (Å²) >= 11 is 6.17. The molecule has 0 saturated heterocycles. The number of aliphatic hydroxyl groups is 1. The highest BCUT2D eigenvalue weighted by Crippen LogP contribution is 2.37. The van der Waals surface area contributed by atoms with Crippen LogP contribution >= 0.6 is 11.6 Å². The molecule has 2 aromatic rings. The van der Waals surface area contributed by atoms with Gasteiger partial charge in [-0.2, -0.15) is 0 Å². The van der Waals surface area contributed by atoms with Crippen LogP contribution in [0.15, 0.2) is 42.5 Å². The van der Waals surface area contributed by atoms with E-state index in [4.69, 9.17) is 40.0 Å². The number of hydrogen-bond donors (Lipinski definition) is 2. The molecule has 0 spiro atoms. The van der Waals surface area contributed by atoms with Crippen LogP contribution in [-0.4, -0.2) is 69.1 Å². The number of esters is 1. The van der Waals surface area contributed by atoms with Gasteiger partial charge in [0.1, 0.15) is 30.8 Å². The van der Waals surface area contributed by atoms with Gasteiger partial charge in [-0.15, -0.1) is 0 Å². The first-order chi connectivity index (χ1) is 16.9. The number of fused-ring (bicyclic) bond motifs is 1. The Morgan fingerprint density at radius 3 is 2.71 bits per heavy atom. The third kappa shape index (κ3) is 7.38. The van der Waals surface area contributed by atoms with Crippen LogP contribution in [0.3, 0.4) is 0 Å². The summed E-state index contributed by atoms with van der Waals surface area (Å²) in [6, 6.07) is 12.0. The third-order valence-corrected chi connectivity index (χ3v) is 5.57. The predicted octanol–water partition coefficient (Wildman–Crippen LogP) is 3.20. The van der Waals surface area contributed by atoms with Crippen molar-refractivity contribution < 1.29 is 38.3 Å². The Morgan fingerprint density at radius 2 is 2.00 bits per heavy atom. The lowest BCUT2D eigenvalue weighted by Crippen LogP contribution is -2.56. The van der Waals surface area contributed by atoms with Gasteiger partial charge >= 0.3 is 5.97 Å². The molecule has 1 aliphatic rings. The second-order valence-electron chi connectivity index (χ2n) is 8.17. The molecule has 2 aromatic carbocycles. The van der Waals surface area contributed by atoms with Gasteiger partial charge in [-0.05, 0) is 38.1 Å². The Labute approximate surface area is 210 Å². The van der Waals surface area contributed by atoms with Crippen molar-refractivity contribution in [3.8, 4) is 23.0 Å². The van der Waals surface area contributed by atoms with Crippen molar-refractivity contribution in [2.45, 2.75) is 38.0 Å². The molecular weight excluding hydrogens is 478 g/mol. The molecule has 0 fully saturated rings. The normalized spacial score (nSPS) is 18.4. The van der Waals surface area contributed by atoms with Crippen molar-refractivity contribution in [1.82, 2.24) is 5.32 Å². The van der Waals surface area contributed by atoms with E-state index >= 15 is 0 Å². The van der Waals surface area contributed by atoms with Gasteiger partial charge in [0.2, 0.25) is 5.60 Å². The molecule has 2 N–H and O–H groups in total. The van der Waals surface area contributed by atoms with Crippen molar-refractivity contribution in [3.05, 3.63) is 47.5 Å². The zero-order valence-corrected chi connectivity index (χ0v) is 20.9. The number of carbonyl (C=O) groups is 1. The Morgan fingerprint density at radius 1 is 1.23 bits per heavy atom. The van der Waals surface area contributed by atoms with Crippen LogP contribution in [0, 0.1) is 0 Å². The highest BCUT2D eigenvalue weighted by atomic mass is 35.5. The summed E-state index contributed by atoms with van der Waals surface area (Å²) in [4.78, 5) is 12.8. The average Bonchev–Trinajstić information content (AvgIpc) is 2.85. The van der Waals surface area contributed by atoms with Gasteiger partial charge in [0.05, 0.1) is 11.6 Å². The monoisotopic (exact) mass is 509 g/mol. The van der Waals surface area contributed by atoms with Gasteiger partial charge in [-0.3, -0.25) is 0 Å². The van der Waals surface area contributed by atoms with Gasteiger partial charge in [-0.25, -0.2) is 4.79 Å². The molecule has 192 valence electrons. The summed E-state index contributed by atoms with van der Waals surface area (Å²) < 4.78 is 33.0. The van der Waals surface area contributed by atoms with Crippen molar-refractivity contribution in [3.63, 3.8) is 0 Å². The molecule has 0 aliphatic carbocycles. The number of ether oxygens (including phenoxy) is 6.